The van der Waals surface area contributed by atoms with Gasteiger partial charge in [-0.25, -0.2) is 9.97 Å². The van der Waals surface area contributed by atoms with Gasteiger partial charge in [0.1, 0.15) is 5.69 Å². The molecule has 2 aromatic carbocycles. The predicted octanol–water partition coefficient (Wildman–Crippen LogP) is 5.46. The lowest BCUT2D eigenvalue weighted by Gasteiger charge is -2.28. The number of benzene rings is 2. The number of alkyl halides is 3. The second kappa shape index (κ2) is 10.1. The first kappa shape index (κ1) is 26.6. The first-order valence-corrected chi connectivity index (χ1v) is 13.5. The molecule has 40 heavy (non-hydrogen) atoms. The Kier molecular flexibility index (Phi) is 6.70. The van der Waals surface area contributed by atoms with Crippen LogP contribution in [0.5, 0.6) is 0 Å². The van der Waals surface area contributed by atoms with Gasteiger partial charge in [0.05, 0.1) is 28.8 Å². The number of nitrogens with zero attached hydrogens (tertiary/aromatic N) is 5. The van der Waals surface area contributed by atoms with Gasteiger partial charge in [-0.05, 0) is 68.5 Å². The van der Waals surface area contributed by atoms with Crippen LogP contribution in [0.4, 0.5) is 13.2 Å². The summed E-state index contributed by atoms with van der Waals surface area (Å²) in [5.74, 6) is 0.198. The number of carbonyl (C=O) groups is 1. The largest absolute Gasteiger partial charge is 0.416 e. The molecule has 4 heterocycles. The number of ketones is 1. The Hall–Kier alpha value is -3.63. The molecule has 2 aliphatic heterocycles. The van der Waals surface area contributed by atoms with Crippen molar-refractivity contribution in [3.05, 3.63) is 76.2 Å². The van der Waals surface area contributed by atoms with Gasteiger partial charge < -0.3 is 5.11 Å². The van der Waals surface area contributed by atoms with Crippen molar-refractivity contribution in [1.29, 1.82) is 0 Å². The summed E-state index contributed by atoms with van der Waals surface area (Å²) in [5, 5.41) is 14.9. The summed E-state index contributed by atoms with van der Waals surface area (Å²) < 4.78 is 41.0. The molecule has 208 valence electrons. The zero-order valence-electron chi connectivity index (χ0n) is 22.4. The van der Waals surface area contributed by atoms with Crippen LogP contribution in [-0.2, 0) is 19.3 Å². The summed E-state index contributed by atoms with van der Waals surface area (Å²) in [7, 11) is 0. The molecular weight excluding hydrogens is 519 g/mol. The normalized spacial score (nSPS) is 18.9. The molecule has 10 heteroatoms. The molecule has 4 aromatic rings. The molecule has 7 nitrogen and oxygen atoms in total. The Bertz CT molecular complexity index is 1610. The van der Waals surface area contributed by atoms with E-state index in [9.17, 15) is 23.1 Å². The Morgan fingerprint density at radius 3 is 2.52 bits per heavy atom. The van der Waals surface area contributed by atoms with Crippen LogP contribution in [-0.4, -0.2) is 54.7 Å². The number of aromatic nitrogens is 4. The van der Waals surface area contributed by atoms with E-state index in [4.69, 9.17) is 5.10 Å². The van der Waals surface area contributed by atoms with Crippen LogP contribution in [0.2, 0.25) is 0 Å². The second-order valence-corrected chi connectivity index (χ2v) is 10.9. The number of fused-ring (bicyclic) bond motifs is 2. The monoisotopic (exact) mass is 549 g/mol. The van der Waals surface area contributed by atoms with Crippen LogP contribution < -0.4 is 0 Å². The molecule has 1 atom stereocenters. The third kappa shape index (κ3) is 4.90. The van der Waals surface area contributed by atoms with E-state index in [1.807, 2.05) is 36.7 Å². The van der Waals surface area contributed by atoms with Gasteiger partial charge in [0.25, 0.3) is 0 Å². The number of aliphatic hydroxyl groups is 1. The fourth-order valence-corrected chi connectivity index (χ4v) is 5.91. The van der Waals surface area contributed by atoms with E-state index in [0.29, 0.717) is 41.9 Å². The summed E-state index contributed by atoms with van der Waals surface area (Å²) >= 11 is 0. The summed E-state index contributed by atoms with van der Waals surface area (Å²) in [4.78, 5) is 24.8. The Labute approximate surface area is 229 Å². The third-order valence-corrected chi connectivity index (χ3v) is 8.21. The molecule has 0 bridgehead atoms. The second-order valence-electron chi connectivity index (χ2n) is 10.9. The lowest BCUT2D eigenvalue weighted by molar-refractivity contribution is -0.137. The Morgan fingerprint density at radius 2 is 1.80 bits per heavy atom. The van der Waals surface area contributed by atoms with E-state index in [1.54, 1.807) is 0 Å². The van der Waals surface area contributed by atoms with E-state index in [2.05, 4.69) is 14.9 Å². The van der Waals surface area contributed by atoms with Crippen molar-refractivity contribution in [3.63, 3.8) is 0 Å². The van der Waals surface area contributed by atoms with Crippen molar-refractivity contribution in [2.45, 2.75) is 64.4 Å². The lowest BCUT2D eigenvalue weighted by atomic mass is 9.84. The van der Waals surface area contributed by atoms with Gasteiger partial charge in [-0.3, -0.25) is 14.4 Å². The number of halogens is 3. The van der Waals surface area contributed by atoms with Crippen molar-refractivity contribution in [3.8, 4) is 11.4 Å². The number of Topliss-reactive ketones (excluding diaryl/α,β-unsaturated/α-hetero) is 1. The number of piperidine rings is 1. The number of aryl methyl sites for hydroxylation is 2. The molecule has 0 amide bonds. The van der Waals surface area contributed by atoms with Gasteiger partial charge in [-0.2, -0.15) is 18.3 Å². The molecule has 2 aliphatic rings. The SMILES string of the molecule is Cc1cc(-c2ncc3cc(C(F)(F)F)ccc3n2)ccc1C1CCn2nc(CN3CCC(O)CC3)c(C)c2C1=O. The summed E-state index contributed by atoms with van der Waals surface area (Å²) in [6, 6.07) is 9.18. The van der Waals surface area contributed by atoms with E-state index >= 15 is 0 Å². The molecule has 0 saturated carbocycles. The smallest absolute Gasteiger partial charge is 0.393 e. The van der Waals surface area contributed by atoms with Crippen LogP contribution in [0, 0.1) is 13.8 Å². The van der Waals surface area contributed by atoms with Crippen LogP contribution >= 0.6 is 0 Å². The fraction of sp³-hybridized carbons (Fsp3) is 0.400. The maximum absolute atomic E-state index is 13.7. The Morgan fingerprint density at radius 1 is 1.02 bits per heavy atom. The number of aliphatic hydroxyl groups excluding tert-OH is 1. The van der Waals surface area contributed by atoms with Gasteiger partial charge in [-0.1, -0.05) is 12.1 Å². The van der Waals surface area contributed by atoms with Gasteiger partial charge in [0.15, 0.2) is 11.6 Å². The third-order valence-electron chi connectivity index (χ3n) is 8.21. The predicted molar refractivity (Wildman–Crippen MR) is 144 cm³/mol. The highest BCUT2D eigenvalue weighted by Gasteiger charge is 2.34. The topological polar surface area (TPSA) is 84.1 Å². The van der Waals surface area contributed by atoms with Gasteiger partial charge in [0.2, 0.25) is 0 Å². The number of likely N-dealkylation sites (tertiary alicyclic amines) is 1. The number of rotatable bonds is 4. The zero-order chi connectivity index (χ0) is 28.2. The number of hydrogen-bond donors (Lipinski definition) is 1. The minimum Gasteiger partial charge on any atom is -0.393 e. The highest BCUT2D eigenvalue weighted by molar-refractivity contribution is 6.01. The van der Waals surface area contributed by atoms with Crippen molar-refractivity contribution in [2.24, 2.45) is 0 Å². The van der Waals surface area contributed by atoms with Crippen LogP contribution in [0.3, 0.4) is 0 Å². The molecule has 6 rings (SSSR count). The summed E-state index contributed by atoms with van der Waals surface area (Å²) in [6.45, 7) is 6.89. The number of hydrogen-bond acceptors (Lipinski definition) is 6. The zero-order valence-corrected chi connectivity index (χ0v) is 22.4. The fourth-order valence-electron chi connectivity index (χ4n) is 5.91. The summed E-state index contributed by atoms with van der Waals surface area (Å²) in [6.07, 6.45) is -1.08. The minimum absolute atomic E-state index is 0.0647. The Balaban J connectivity index is 1.23. The van der Waals surface area contributed by atoms with E-state index in [1.165, 1.54) is 12.3 Å². The first-order chi connectivity index (χ1) is 19.1. The van der Waals surface area contributed by atoms with Gasteiger partial charge in [0, 0.05) is 48.9 Å². The lowest BCUT2D eigenvalue weighted by Crippen LogP contribution is -2.35. The average molecular weight is 550 g/mol. The van der Waals surface area contributed by atoms with Gasteiger partial charge >= 0.3 is 6.18 Å². The average Bonchev–Trinajstić information content (AvgIpc) is 3.24. The van der Waals surface area contributed by atoms with Crippen LogP contribution in [0.1, 0.15) is 63.6 Å². The highest BCUT2D eigenvalue weighted by Crippen LogP contribution is 2.36. The first-order valence-electron chi connectivity index (χ1n) is 13.5. The molecule has 1 fully saturated rings. The van der Waals surface area contributed by atoms with Crippen molar-refractivity contribution in [2.75, 3.05) is 13.1 Å². The van der Waals surface area contributed by atoms with Gasteiger partial charge in [-0.15, -0.1) is 0 Å². The maximum atomic E-state index is 13.7. The summed E-state index contributed by atoms with van der Waals surface area (Å²) in [5.41, 5.74) is 4.83. The number of carbonyl (C=O) groups excluding carboxylic acids is 1. The quantitative estimate of drug-likeness (QED) is 0.364. The van der Waals surface area contributed by atoms with Crippen molar-refractivity contribution >= 4 is 16.7 Å². The van der Waals surface area contributed by atoms with E-state index in [0.717, 1.165) is 66.0 Å². The molecule has 2 aromatic heterocycles. The van der Waals surface area contributed by atoms with E-state index in [-0.39, 0.29) is 17.8 Å². The molecule has 0 spiro atoms. The molecule has 0 radical (unpaired) electrons. The van der Waals surface area contributed by atoms with Crippen molar-refractivity contribution < 1.29 is 23.1 Å². The van der Waals surface area contributed by atoms with Crippen LogP contribution in [0.15, 0.2) is 42.6 Å². The molecule has 1 saturated heterocycles. The minimum atomic E-state index is -4.42. The van der Waals surface area contributed by atoms with E-state index < -0.39 is 11.7 Å². The molecule has 0 aliphatic carbocycles. The maximum Gasteiger partial charge on any atom is 0.416 e. The molecule has 1 unspecified atom stereocenters. The van der Waals surface area contributed by atoms with Crippen molar-refractivity contribution in [1.82, 2.24) is 24.6 Å². The molecular formula is C30H30F3N5O2. The highest BCUT2D eigenvalue weighted by atomic mass is 19.4. The molecule has 1 N–H and O–H groups in total. The van der Waals surface area contributed by atoms with Crippen LogP contribution in [0.25, 0.3) is 22.3 Å². The standard InChI is InChI=1S/C30H30F3N5O2/c1-17-13-19(29-34-15-20-14-21(30(31,32)33)4-6-25(20)35-29)3-5-23(17)24-9-12-38-27(28(24)40)18(2)26(36-38)16-37-10-7-22(39)8-11-37/h3-6,13-15,22,24,39H,7-12,16H2,1-2H3.